The summed E-state index contributed by atoms with van der Waals surface area (Å²) >= 11 is 0. The van der Waals surface area contributed by atoms with E-state index in [9.17, 15) is 4.79 Å². The first-order valence-corrected chi connectivity index (χ1v) is 8.22. The summed E-state index contributed by atoms with van der Waals surface area (Å²) in [5.74, 6) is 2.04. The highest BCUT2D eigenvalue weighted by Crippen LogP contribution is 2.26. The van der Waals surface area contributed by atoms with Crippen molar-refractivity contribution in [3.05, 3.63) is 6.07 Å². The molecule has 0 atom stereocenters. The highest BCUT2D eigenvalue weighted by molar-refractivity contribution is 5.79. The first-order valence-electron chi connectivity index (χ1n) is 8.22. The van der Waals surface area contributed by atoms with Gasteiger partial charge in [-0.05, 0) is 25.7 Å². The van der Waals surface area contributed by atoms with Gasteiger partial charge in [-0.1, -0.05) is 0 Å². The van der Waals surface area contributed by atoms with Gasteiger partial charge in [0.05, 0.1) is 20.3 Å². The van der Waals surface area contributed by atoms with Gasteiger partial charge < -0.3 is 19.3 Å². The van der Waals surface area contributed by atoms with Crippen molar-refractivity contribution in [2.45, 2.75) is 25.7 Å². The van der Waals surface area contributed by atoms with Gasteiger partial charge >= 0.3 is 0 Å². The van der Waals surface area contributed by atoms with Crippen LogP contribution in [0.3, 0.4) is 0 Å². The lowest BCUT2D eigenvalue weighted by molar-refractivity contribution is -0.135. The number of rotatable bonds is 4. The zero-order valence-corrected chi connectivity index (χ0v) is 13.8. The number of nitrogens with zero attached hydrogens (tertiary/aromatic N) is 4. The third-order valence-electron chi connectivity index (χ3n) is 4.63. The first-order chi connectivity index (χ1) is 11.2. The summed E-state index contributed by atoms with van der Waals surface area (Å²) in [6, 6.07) is 1.66. The number of carbonyl (C=O) groups is 1. The maximum atomic E-state index is 12.5. The molecule has 2 aliphatic heterocycles. The Bertz CT molecular complexity index is 530. The summed E-state index contributed by atoms with van der Waals surface area (Å²) in [7, 11) is 3.15. The average Bonchev–Trinajstić information content (AvgIpc) is 3.15. The monoisotopic (exact) mass is 320 g/mol. The van der Waals surface area contributed by atoms with Crippen LogP contribution in [0.5, 0.6) is 11.8 Å². The maximum absolute atomic E-state index is 12.5. The van der Waals surface area contributed by atoms with E-state index in [1.807, 2.05) is 4.90 Å². The molecule has 2 aliphatic rings. The second-order valence-electron chi connectivity index (χ2n) is 6.05. The number of aromatic nitrogens is 2. The van der Waals surface area contributed by atoms with Gasteiger partial charge in [-0.15, -0.1) is 0 Å². The second-order valence-corrected chi connectivity index (χ2v) is 6.05. The minimum Gasteiger partial charge on any atom is -0.481 e. The summed E-state index contributed by atoms with van der Waals surface area (Å²) < 4.78 is 10.4. The van der Waals surface area contributed by atoms with E-state index in [0.717, 1.165) is 51.9 Å². The molecule has 1 aromatic heterocycles. The van der Waals surface area contributed by atoms with E-state index in [1.165, 1.54) is 0 Å². The maximum Gasteiger partial charge on any atom is 0.231 e. The van der Waals surface area contributed by atoms with Gasteiger partial charge in [-0.3, -0.25) is 4.79 Å². The number of methoxy groups -OCH3 is 2. The molecule has 1 aromatic rings. The van der Waals surface area contributed by atoms with Gasteiger partial charge in [0.25, 0.3) is 0 Å². The van der Waals surface area contributed by atoms with Crippen molar-refractivity contribution < 1.29 is 14.3 Å². The minimum absolute atomic E-state index is 0.136. The van der Waals surface area contributed by atoms with Gasteiger partial charge in [0.1, 0.15) is 0 Å². The van der Waals surface area contributed by atoms with Crippen LogP contribution >= 0.6 is 0 Å². The number of hydrogen-bond donors (Lipinski definition) is 0. The number of hydrogen-bond acceptors (Lipinski definition) is 6. The Labute approximate surface area is 136 Å². The zero-order valence-electron chi connectivity index (χ0n) is 13.8. The molecule has 0 saturated carbocycles. The average molecular weight is 320 g/mol. The van der Waals surface area contributed by atoms with Gasteiger partial charge in [0.2, 0.25) is 23.6 Å². The number of ether oxygens (including phenoxy) is 2. The normalized spacial score (nSPS) is 19.0. The van der Waals surface area contributed by atoms with Crippen molar-refractivity contribution in [1.82, 2.24) is 14.9 Å². The summed E-state index contributed by atoms with van der Waals surface area (Å²) in [6.45, 7) is 3.41. The van der Waals surface area contributed by atoms with Crippen LogP contribution in [0.1, 0.15) is 25.7 Å². The van der Waals surface area contributed by atoms with Crippen LogP contribution in [-0.2, 0) is 4.79 Å². The molecule has 0 radical (unpaired) electrons. The molecule has 0 unspecified atom stereocenters. The molecule has 0 N–H and O–H groups in total. The number of likely N-dealkylation sites (tertiary alicyclic amines) is 1. The quantitative estimate of drug-likeness (QED) is 0.834. The molecule has 3 rings (SSSR count). The Morgan fingerprint density at radius 3 is 2.13 bits per heavy atom. The van der Waals surface area contributed by atoms with E-state index in [-0.39, 0.29) is 5.92 Å². The van der Waals surface area contributed by atoms with Crippen molar-refractivity contribution in [2.24, 2.45) is 5.92 Å². The van der Waals surface area contributed by atoms with E-state index in [4.69, 9.17) is 9.47 Å². The summed E-state index contributed by atoms with van der Waals surface area (Å²) in [6.07, 6.45) is 3.97. The van der Waals surface area contributed by atoms with Crippen LogP contribution in [-0.4, -0.2) is 61.2 Å². The molecule has 2 fully saturated rings. The van der Waals surface area contributed by atoms with Gasteiger partial charge in [0, 0.05) is 32.1 Å². The van der Waals surface area contributed by atoms with E-state index in [0.29, 0.717) is 23.6 Å². The predicted octanol–water partition coefficient (Wildman–Crippen LogP) is 1.33. The summed E-state index contributed by atoms with van der Waals surface area (Å²) in [4.78, 5) is 25.4. The predicted molar refractivity (Wildman–Crippen MR) is 85.9 cm³/mol. The zero-order chi connectivity index (χ0) is 16.2. The Balaban J connectivity index is 1.63. The molecule has 126 valence electrons. The fraction of sp³-hybridized carbons (Fsp3) is 0.688. The number of piperidine rings is 1. The van der Waals surface area contributed by atoms with E-state index < -0.39 is 0 Å². The smallest absolute Gasteiger partial charge is 0.231 e. The highest BCUT2D eigenvalue weighted by Gasteiger charge is 2.30. The van der Waals surface area contributed by atoms with Crippen LogP contribution in [0.25, 0.3) is 0 Å². The molecule has 0 aromatic carbocycles. The SMILES string of the molecule is COc1cc(OC)nc(N2CCC(C(=O)N3CCCC3)CC2)n1. The third kappa shape index (κ3) is 3.48. The fourth-order valence-electron chi connectivity index (χ4n) is 3.27. The van der Waals surface area contributed by atoms with Crippen LogP contribution < -0.4 is 14.4 Å². The van der Waals surface area contributed by atoms with Crippen molar-refractivity contribution in [3.63, 3.8) is 0 Å². The Hall–Kier alpha value is -2.05. The molecule has 0 aliphatic carbocycles. The molecule has 1 amide bonds. The van der Waals surface area contributed by atoms with Gasteiger partial charge in [-0.25, -0.2) is 0 Å². The molecule has 2 saturated heterocycles. The van der Waals surface area contributed by atoms with Crippen LogP contribution in [0.4, 0.5) is 5.95 Å². The number of carbonyl (C=O) groups excluding carboxylic acids is 1. The van der Waals surface area contributed by atoms with E-state index in [1.54, 1.807) is 20.3 Å². The van der Waals surface area contributed by atoms with Crippen LogP contribution in [0, 0.1) is 5.92 Å². The Morgan fingerprint density at radius 1 is 1.04 bits per heavy atom. The summed E-state index contributed by atoms with van der Waals surface area (Å²) in [5, 5.41) is 0. The summed E-state index contributed by atoms with van der Waals surface area (Å²) in [5.41, 5.74) is 0. The molecule has 23 heavy (non-hydrogen) atoms. The highest BCUT2D eigenvalue weighted by atomic mass is 16.5. The first kappa shape index (κ1) is 15.8. The van der Waals surface area contributed by atoms with Crippen molar-refractivity contribution in [3.8, 4) is 11.8 Å². The van der Waals surface area contributed by atoms with Crippen molar-refractivity contribution in [1.29, 1.82) is 0 Å². The molecule has 7 heteroatoms. The molecule has 0 bridgehead atoms. The lowest BCUT2D eigenvalue weighted by Gasteiger charge is -2.33. The third-order valence-corrected chi connectivity index (χ3v) is 4.63. The fourth-order valence-corrected chi connectivity index (χ4v) is 3.27. The van der Waals surface area contributed by atoms with Crippen molar-refractivity contribution >= 4 is 11.9 Å². The lowest BCUT2D eigenvalue weighted by atomic mass is 9.95. The molecule has 7 nitrogen and oxygen atoms in total. The van der Waals surface area contributed by atoms with Crippen LogP contribution in [0.15, 0.2) is 6.07 Å². The van der Waals surface area contributed by atoms with Gasteiger partial charge in [0.15, 0.2) is 0 Å². The Morgan fingerprint density at radius 2 is 1.61 bits per heavy atom. The molecular formula is C16H24N4O3. The number of anilines is 1. The lowest BCUT2D eigenvalue weighted by Crippen LogP contribution is -2.42. The largest absolute Gasteiger partial charge is 0.481 e. The Kier molecular flexibility index (Phi) is 4.83. The standard InChI is InChI=1S/C16H24N4O3/c1-22-13-11-14(23-2)18-16(17-13)20-9-5-12(6-10-20)15(21)19-7-3-4-8-19/h11-12H,3-10H2,1-2H3. The second kappa shape index (κ2) is 7.02. The van der Waals surface area contributed by atoms with Crippen LogP contribution in [0.2, 0.25) is 0 Å². The minimum atomic E-state index is 0.136. The number of amides is 1. The molecular weight excluding hydrogens is 296 g/mol. The molecule has 3 heterocycles. The topological polar surface area (TPSA) is 67.8 Å². The van der Waals surface area contributed by atoms with E-state index >= 15 is 0 Å². The van der Waals surface area contributed by atoms with Crippen molar-refractivity contribution in [2.75, 3.05) is 45.3 Å². The van der Waals surface area contributed by atoms with Gasteiger partial charge in [-0.2, -0.15) is 9.97 Å². The van der Waals surface area contributed by atoms with E-state index in [2.05, 4.69) is 14.9 Å². The molecule has 0 spiro atoms.